The molecular weight excluding hydrogens is 377 g/mol. The Balaban J connectivity index is 1.42. The first-order valence-corrected chi connectivity index (χ1v) is 11.0. The number of hydrogen-bond acceptors (Lipinski definition) is 2. The first-order chi connectivity index (χ1) is 14.8. The molecule has 1 aliphatic heterocycles. The van der Waals surface area contributed by atoms with E-state index in [1.807, 2.05) is 35.4 Å². The zero-order valence-electron chi connectivity index (χ0n) is 17.5. The quantitative estimate of drug-likeness (QED) is 0.505. The maximum Gasteiger partial charge on any atom is 0.256 e. The Kier molecular flexibility index (Phi) is 6.80. The molecule has 0 atom stereocenters. The maximum absolute atomic E-state index is 13.3. The van der Waals surface area contributed by atoms with Gasteiger partial charge >= 0.3 is 0 Å². The number of amides is 1. The van der Waals surface area contributed by atoms with Crippen molar-refractivity contribution in [1.29, 1.82) is 0 Å². The lowest BCUT2D eigenvalue weighted by molar-refractivity contribution is 0.0630. The Morgan fingerprint density at radius 3 is 2.37 bits per heavy atom. The summed E-state index contributed by atoms with van der Waals surface area (Å²) in [5, 5.41) is 1.01. The summed E-state index contributed by atoms with van der Waals surface area (Å²) in [6.45, 7) is 4.78. The number of unbranched alkanes of at least 4 members (excludes halogenated alkanes) is 2. The SMILES string of the molecule is O=C(c1cn(CCCCCF)c2ccccc12)N1CCN(Cc2ccccc2)CC1. The summed E-state index contributed by atoms with van der Waals surface area (Å²) in [5.41, 5.74) is 3.18. The number of rotatable bonds is 8. The van der Waals surface area contributed by atoms with Crippen LogP contribution >= 0.6 is 0 Å². The lowest BCUT2D eigenvalue weighted by Gasteiger charge is -2.34. The number of benzene rings is 2. The highest BCUT2D eigenvalue weighted by Gasteiger charge is 2.24. The van der Waals surface area contributed by atoms with Crippen LogP contribution in [-0.4, -0.2) is 53.1 Å². The van der Waals surface area contributed by atoms with Gasteiger partial charge in [0.05, 0.1) is 12.2 Å². The van der Waals surface area contributed by atoms with Gasteiger partial charge in [0.2, 0.25) is 0 Å². The van der Waals surface area contributed by atoms with E-state index in [0.717, 1.165) is 68.6 Å². The lowest BCUT2D eigenvalue weighted by atomic mass is 10.1. The molecule has 1 aliphatic rings. The zero-order valence-corrected chi connectivity index (χ0v) is 17.5. The van der Waals surface area contributed by atoms with Crippen molar-refractivity contribution in [3.63, 3.8) is 0 Å². The zero-order chi connectivity index (χ0) is 20.8. The molecule has 0 radical (unpaired) electrons. The average molecular weight is 408 g/mol. The fourth-order valence-electron chi connectivity index (χ4n) is 4.28. The average Bonchev–Trinajstić information content (AvgIpc) is 3.16. The van der Waals surface area contributed by atoms with Crippen molar-refractivity contribution in [2.24, 2.45) is 0 Å². The molecule has 0 N–H and O–H groups in total. The van der Waals surface area contributed by atoms with Crippen molar-refractivity contribution >= 4 is 16.8 Å². The van der Waals surface area contributed by atoms with Gasteiger partial charge in [-0.05, 0) is 30.9 Å². The molecule has 4 rings (SSSR count). The van der Waals surface area contributed by atoms with Gasteiger partial charge in [-0.25, -0.2) is 0 Å². The molecule has 0 spiro atoms. The molecule has 158 valence electrons. The van der Waals surface area contributed by atoms with Crippen LogP contribution in [0.5, 0.6) is 0 Å². The third-order valence-corrected chi connectivity index (χ3v) is 5.96. The number of para-hydroxylation sites is 1. The van der Waals surface area contributed by atoms with Crippen LogP contribution in [-0.2, 0) is 13.1 Å². The maximum atomic E-state index is 13.3. The van der Waals surface area contributed by atoms with Crippen molar-refractivity contribution in [2.75, 3.05) is 32.9 Å². The predicted octanol–water partition coefficient (Wildman–Crippen LogP) is 4.74. The summed E-state index contributed by atoms with van der Waals surface area (Å²) in [6.07, 6.45) is 4.40. The van der Waals surface area contributed by atoms with E-state index < -0.39 is 0 Å². The number of aryl methyl sites for hydroxylation is 1. The molecule has 0 saturated carbocycles. The third-order valence-electron chi connectivity index (χ3n) is 5.96. The highest BCUT2D eigenvalue weighted by molar-refractivity contribution is 6.07. The van der Waals surface area contributed by atoms with Crippen molar-refractivity contribution < 1.29 is 9.18 Å². The van der Waals surface area contributed by atoms with E-state index in [0.29, 0.717) is 6.42 Å². The number of carbonyl (C=O) groups excluding carboxylic acids is 1. The van der Waals surface area contributed by atoms with Crippen molar-refractivity contribution in [3.05, 3.63) is 71.9 Å². The number of halogens is 1. The fourth-order valence-corrected chi connectivity index (χ4v) is 4.28. The van der Waals surface area contributed by atoms with Gasteiger partial charge in [-0.3, -0.25) is 14.1 Å². The molecule has 1 aromatic heterocycles. The number of hydrogen-bond donors (Lipinski definition) is 0. The Morgan fingerprint density at radius 1 is 0.867 bits per heavy atom. The summed E-state index contributed by atoms with van der Waals surface area (Å²) in [4.78, 5) is 17.7. The van der Waals surface area contributed by atoms with Crippen LogP contribution < -0.4 is 0 Å². The van der Waals surface area contributed by atoms with Crippen LogP contribution in [0.3, 0.4) is 0 Å². The standard InChI is InChI=1S/C25H30FN3O/c26-13-7-2-8-14-29-20-23(22-11-5-6-12-24(22)29)25(30)28-17-15-27(16-18-28)19-21-9-3-1-4-10-21/h1,3-6,9-12,20H,2,7-8,13-19H2. The molecular formula is C25H30FN3O. The minimum atomic E-state index is -0.258. The van der Waals surface area contributed by atoms with Gasteiger partial charge in [0.25, 0.3) is 5.91 Å². The monoisotopic (exact) mass is 407 g/mol. The molecule has 4 nitrogen and oxygen atoms in total. The second kappa shape index (κ2) is 9.90. The molecule has 2 aromatic carbocycles. The van der Waals surface area contributed by atoms with Gasteiger partial charge in [-0.15, -0.1) is 0 Å². The smallest absolute Gasteiger partial charge is 0.256 e. The minimum absolute atomic E-state index is 0.119. The summed E-state index contributed by atoms with van der Waals surface area (Å²) in [5.74, 6) is 0.119. The molecule has 0 bridgehead atoms. The van der Waals surface area contributed by atoms with E-state index in [-0.39, 0.29) is 12.6 Å². The van der Waals surface area contributed by atoms with Crippen molar-refractivity contribution in [1.82, 2.24) is 14.4 Å². The third kappa shape index (κ3) is 4.73. The van der Waals surface area contributed by atoms with Gasteiger partial charge < -0.3 is 9.47 Å². The second-order valence-electron chi connectivity index (χ2n) is 8.06. The molecule has 2 heterocycles. The Morgan fingerprint density at radius 2 is 1.60 bits per heavy atom. The summed E-state index contributed by atoms with van der Waals surface area (Å²) in [7, 11) is 0. The summed E-state index contributed by atoms with van der Waals surface area (Å²) < 4.78 is 14.5. The summed E-state index contributed by atoms with van der Waals surface area (Å²) in [6, 6.07) is 18.6. The molecule has 0 unspecified atom stereocenters. The molecule has 1 saturated heterocycles. The van der Waals surface area contributed by atoms with E-state index in [2.05, 4.69) is 39.8 Å². The van der Waals surface area contributed by atoms with Crippen LogP contribution in [0, 0.1) is 0 Å². The van der Waals surface area contributed by atoms with E-state index >= 15 is 0 Å². The largest absolute Gasteiger partial charge is 0.347 e. The Hall–Kier alpha value is -2.66. The minimum Gasteiger partial charge on any atom is -0.347 e. The summed E-state index contributed by atoms with van der Waals surface area (Å²) >= 11 is 0. The topological polar surface area (TPSA) is 28.5 Å². The molecule has 1 fully saturated rings. The van der Waals surface area contributed by atoms with Crippen LogP contribution in [0.25, 0.3) is 10.9 Å². The molecule has 5 heteroatoms. The Labute approximate surface area is 177 Å². The van der Waals surface area contributed by atoms with Crippen molar-refractivity contribution in [2.45, 2.75) is 32.4 Å². The van der Waals surface area contributed by atoms with E-state index in [1.165, 1.54) is 5.56 Å². The lowest BCUT2D eigenvalue weighted by Crippen LogP contribution is -2.48. The highest BCUT2D eigenvalue weighted by Crippen LogP contribution is 2.24. The van der Waals surface area contributed by atoms with Crippen LogP contribution in [0.2, 0.25) is 0 Å². The number of nitrogens with zero attached hydrogens (tertiary/aromatic N) is 3. The van der Waals surface area contributed by atoms with E-state index in [9.17, 15) is 9.18 Å². The molecule has 3 aromatic rings. The number of alkyl halides is 1. The van der Waals surface area contributed by atoms with E-state index in [4.69, 9.17) is 0 Å². The Bertz CT molecular complexity index is 961. The first kappa shape index (κ1) is 20.6. The number of aromatic nitrogens is 1. The van der Waals surface area contributed by atoms with Gasteiger partial charge in [-0.1, -0.05) is 48.5 Å². The number of fused-ring (bicyclic) bond motifs is 1. The van der Waals surface area contributed by atoms with Crippen LogP contribution in [0.4, 0.5) is 4.39 Å². The normalized spacial score (nSPS) is 15.0. The predicted molar refractivity (Wildman–Crippen MR) is 119 cm³/mol. The number of piperazine rings is 1. The molecule has 0 aliphatic carbocycles. The van der Waals surface area contributed by atoms with Crippen molar-refractivity contribution in [3.8, 4) is 0 Å². The molecule has 30 heavy (non-hydrogen) atoms. The van der Waals surface area contributed by atoms with Crippen LogP contribution in [0.1, 0.15) is 35.2 Å². The van der Waals surface area contributed by atoms with Crippen LogP contribution in [0.15, 0.2) is 60.8 Å². The highest BCUT2D eigenvalue weighted by atomic mass is 19.1. The number of carbonyl (C=O) groups is 1. The second-order valence-corrected chi connectivity index (χ2v) is 8.06. The van der Waals surface area contributed by atoms with Gasteiger partial charge in [0.15, 0.2) is 0 Å². The first-order valence-electron chi connectivity index (χ1n) is 11.0. The molecule has 1 amide bonds. The van der Waals surface area contributed by atoms with Gasteiger partial charge in [0, 0.05) is 56.4 Å². The van der Waals surface area contributed by atoms with Gasteiger partial charge in [-0.2, -0.15) is 0 Å². The fraction of sp³-hybridized carbons (Fsp3) is 0.400. The van der Waals surface area contributed by atoms with Gasteiger partial charge in [0.1, 0.15) is 0 Å². The van der Waals surface area contributed by atoms with E-state index in [1.54, 1.807) is 0 Å².